The highest BCUT2D eigenvalue weighted by Gasteiger charge is 2.17. The Hall–Kier alpha value is -3.04. The van der Waals surface area contributed by atoms with E-state index >= 15 is 0 Å². The summed E-state index contributed by atoms with van der Waals surface area (Å²) in [5, 5.41) is 11.1. The van der Waals surface area contributed by atoms with Gasteiger partial charge in [0.05, 0.1) is 17.1 Å². The molecule has 0 atom stereocenters. The molecule has 1 amide bonds. The highest BCUT2D eigenvalue weighted by atomic mass is 35.5. The van der Waals surface area contributed by atoms with Gasteiger partial charge in [-0.1, -0.05) is 17.7 Å². The summed E-state index contributed by atoms with van der Waals surface area (Å²) in [7, 11) is 0. The molecule has 0 radical (unpaired) electrons. The lowest BCUT2D eigenvalue weighted by molar-refractivity contribution is 0.0940. The fraction of sp³-hybridized carbons (Fsp3) is 0.167. The summed E-state index contributed by atoms with van der Waals surface area (Å²) in [6.07, 6.45) is 0. The first-order chi connectivity index (χ1) is 13.4. The zero-order valence-electron chi connectivity index (χ0n) is 14.3. The van der Waals surface area contributed by atoms with E-state index in [1.54, 1.807) is 0 Å². The molecular weight excluding hydrogens is 396 g/mol. The van der Waals surface area contributed by atoms with Crippen molar-refractivity contribution in [2.75, 3.05) is 13.2 Å². The molecule has 0 bridgehead atoms. The van der Waals surface area contributed by atoms with Crippen LogP contribution in [0.15, 0.2) is 35.1 Å². The molecule has 0 aliphatic carbocycles. The first-order valence-electron chi connectivity index (χ1n) is 8.09. The third-order valence-corrected chi connectivity index (χ3v) is 4.06. The quantitative estimate of drug-likeness (QED) is 0.578. The van der Waals surface area contributed by atoms with Gasteiger partial charge in [-0.25, -0.2) is 13.8 Å². The number of carbonyl (C=O) groups excluding carboxylic acids is 1. The minimum absolute atomic E-state index is 0.0227. The molecule has 0 saturated carbocycles. The second-order valence-corrected chi connectivity index (χ2v) is 6.10. The fourth-order valence-corrected chi connectivity index (χ4v) is 2.69. The van der Waals surface area contributed by atoms with E-state index in [4.69, 9.17) is 21.4 Å². The molecule has 3 aromatic rings. The van der Waals surface area contributed by atoms with Crippen molar-refractivity contribution in [1.82, 2.24) is 15.3 Å². The van der Waals surface area contributed by atoms with Gasteiger partial charge in [0, 0.05) is 6.54 Å². The number of rotatable bonds is 6. The number of nitrogens with one attached hydrogen (secondary N) is 2. The van der Waals surface area contributed by atoms with Gasteiger partial charge in [0.1, 0.15) is 17.8 Å². The number of aromatic amines is 1. The van der Waals surface area contributed by atoms with Gasteiger partial charge in [0.25, 0.3) is 11.5 Å². The van der Waals surface area contributed by atoms with E-state index in [9.17, 15) is 18.4 Å². The molecule has 0 aliphatic rings. The topological polar surface area (TPSA) is 104 Å². The molecule has 3 rings (SSSR count). The highest BCUT2D eigenvalue weighted by Crippen LogP contribution is 2.25. The number of amides is 1. The van der Waals surface area contributed by atoms with Crippen molar-refractivity contribution in [1.29, 1.82) is 0 Å². The Kier molecular flexibility index (Phi) is 5.86. The molecule has 28 heavy (non-hydrogen) atoms. The van der Waals surface area contributed by atoms with E-state index in [-0.39, 0.29) is 47.3 Å². The summed E-state index contributed by atoms with van der Waals surface area (Å²) in [6.45, 7) is -0.554. The number of aromatic nitrogens is 2. The summed E-state index contributed by atoms with van der Waals surface area (Å²) in [5.41, 5.74) is -0.176. The summed E-state index contributed by atoms with van der Waals surface area (Å²) >= 11 is 5.69. The molecule has 0 spiro atoms. The Morgan fingerprint density at radius 2 is 2.00 bits per heavy atom. The molecule has 0 fully saturated rings. The highest BCUT2D eigenvalue weighted by molar-refractivity contribution is 6.30. The lowest BCUT2D eigenvalue weighted by Gasteiger charge is -2.10. The normalized spacial score (nSPS) is 10.9. The first kappa shape index (κ1) is 19.7. The molecule has 0 aliphatic heterocycles. The molecule has 2 aromatic carbocycles. The molecule has 10 heteroatoms. The van der Waals surface area contributed by atoms with Gasteiger partial charge in [-0.2, -0.15) is 0 Å². The number of benzene rings is 2. The number of halogens is 3. The number of hydrogen-bond donors (Lipinski definition) is 3. The number of ether oxygens (including phenoxy) is 1. The standard InChI is InChI=1S/C18H14ClF2N3O4/c19-10-7-9(1-2-11(10)20)8-22-18(27)16-23-13-4-3-12(21)15(28-6-5-25)14(13)17(26)24-16/h1-4,7,25H,5-6,8H2,(H,22,27)(H,23,24,26). The maximum Gasteiger partial charge on any atom is 0.287 e. The van der Waals surface area contributed by atoms with Crippen LogP contribution in [0.3, 0.4) is 0 Å². The maximum absolute atomic E-state index is 13.9. The van der Waals surface area contributed by atoms with Gasteiger partial charge in [-0.15, -0.1) is 0 Å². The fourth-order valence-electron chi connectivity index (χ4n) is 2.49. The molecule has 1 aromatic heterocycles. The Bertz CT molecular complexity index is 1100. The Balaban J connectivity index is 1.87. The number of H-pyrrole nitrogens is 1. The van der Waals surface area contributed by atoms with Crippen LogP contribution in [-0.2, 0) is 6.54 Å². The maximum atomic E-state index is 13.9. The molecule has 7 nitrogen and oxygen atoms in total. The van der Waals surface area contributed by atoms with E-state index in [1.807, 2.05) is 0 Å². The second kappa shape index (κ2) is 8.32. The van der Waals surface area contributed by atoms with Gasteiger partial charge >= 0.3 is 0 Å². The van der Waals surface area contributed by atoms with Crippen LogP contribution < -0.4 is 15.6 Å². The van der Waals surface area contributed by atoms with Crippen molar-refractivity contribution >= 4 is 28.4 Å². The van der Waals surface area contributed by atoms with Crippen LogP contribution in [0.1, 0.15) is 16.2 Å². The van der Waals surface area contributed by atoms with Crippen molar-refractivity contribution in [3.8, 4) is 5.75 Å². The summed E-state index contributed by atoms with van der Waals surface area (Å²) < 4.78 is 32.2. The molecule has 3 N–H and O–H groups in total. The third-order valence-electron chi connectivity index (χ3n) is 3.77. The molecule has 146 valence electrons. The minimum atomic E-state index is -0.793. The van der Waals surface area contributed by atoms with Gasteiger partial charge in [0.2, 0.25) is 0 Å². The van der Waals surface area contributed by atoms with Crippen LogP contribution in [0.25, 0.3) is 10.9 Å². The monoisotopic (exact) mass is 409 g/mol. The van der Waals surface area contributed by atoms with Crippen LogP contribution in [0.5, 0.6) is 5.75 Å². The smallest absolute Gasteiger partial charge is 0.287 e. The van der Waals surface area contributed by atoms with E-state index in [0.29, 0.717) is 5.56 Å². The van der Waals surface area contributed by atoms with E-state index < -0.39 is 23.1 Å². The Morgan fingerprint density at radius 3 is 2.71 bits per heavy atom. The van der Waals surface area contributed by atoms with Crippen molar-refractivity contribution < 1.29 is 23.4 Å². The number of fused-ring (bicyclic) bond motifs is 1. The van der Waals surface area contributed by atoms with Crippen molar-refractivity contribution in [3.05, 3.63) is 68.7 Å². The number of aliphatic hydroxyl groups is 1. The minimum Gasteiger partial charge on any atom is -0.487 e. The van der Waals surface area contributed by atoms with Crippen molar-refractivity contribution in [3.63, 3.8) is 0 Å². The van der Waals surface area contributed by atoms with Crippen LogP contribution in [0, 0.1) is 11.6 Å². The lowest BCUT2D eigenvalue weighted by Crippen LogP contribution is -2.27. The summed E-state index contributed by atoms with van der Waals surface area (Å²) in [4.78, 5) is 31.0. The Morgan fingerprint density at radius 1 is 1.25 bits per heavy atom. The van der Waals surface area contributed by atoms with Crippen LogP contribution >= 0.6 is 11.6 Å². The SMILES string of the molecule is O=C(NCc1ccc(F)c(Cl)c1)c1nc2ccc(F)c(OCCO)c2c(=O)[nH]1. The van der Waals surface area contributed by atoms with Gasteiger partial charge in [-0.05, 0) is 29.8 Å². The van der Waals surface area contributed by atoms with Gasteiger partial charge < -0.3 is 20.1 Å². The molecule has 1 heterocycles. The van der Waals surface area contributed by atoms with Gasteiger partial charge in [0.15, 0.2) is 17.4 Å². The molecule has 0 unspecified atom stereocenters. The van der Waals surface area contributed by atoms with Crippen molar-refractivity contribution in [2.24, 2.45) is 0 Å². The number of hydrogen-bond acceptors (Lipinski definition) is 5. The predicted molar refractivity (Wildman–Crippen MR) is 97.5 cm³/mol. The first-order valence-corrected chi connectivity index (χ1v) is 8.47. The van der Waals surface area contributed by atoms with Crippen LogP contribution in [0.2, 0.25) is 5.02 Å². The van der Waals surface area contributed by atoms with E-state index in [1.165, 1.54) is 24.3 Å². The Labute approximate surface area is 161 Å². The zero-order valence-corrected chi connectivity index (χ0v) is 15.0. The predicted octanol–water partition coefficient (Wildman–Crippen LogP) is 2.16. The van der Waals surface area contributed by atoms with Crippen LogP contribution in [0.4, 0.5) is 8.78 Å². The van der Waals surface area contributed by atoms with Gasteiger partial charge in [-0.3, -0.25) is 9.59 Å². The van der Waals surface area contributed by atoms with E-state index in [0.717, 1.165) is 6.07 Å². The largest absolute Gasteiger partial charge is 0.487 e. The molecular formula is C18H14ClF2N3O4. The van der Waals surface area contributed by atoms with Crippen molar-refractivity contribution in [2.45, 2.75) is 6.54 Å². The lowest BCUT2D eigenvalue weighted by atomic mass is 10.2. The zero-order chi connectivity index (χ0) is 20.3. The number of nitrogens with zero attached hydrogens (tertiary/aromatic N) is 1. The average molecular weight is 410 g/mol. The number of aliphatic hydroxyl groups excluding tert-OH is 1. The second-order valence-electron chi connectivity index (χ2n) is 5.69. The summed E-state index contributed by atoms with van der Waals surface area (Å²) in [5.74, 6) is -2.71. The molecule has 0 saturated heterocycles. The van der Waals surface area contributed by atoms with E-state index in [2.05, 4.69) is 15.3 Å². The summed E-state index contributed by atoms with van der Waals surface area (Å²) in [6, 6.07) is 6.27. The number of carbonyl (C=O) groups is 1. The third kappa shape index (κ3) is 4.10. The van der Waals surface area contributed by atoms with Crippen LogP contribution in [-0.4, -0.2) is 34.2 Å². The average Bonchev–Trinajstić information content (AvgIpc) is 2.68.